The summed E-state index contributed by atoms with van der Waals surface area (Å²) >= 11 is 0. The molecule has 0 radical (unpaired) electrons. The van der Waals surface area contributed by atoms with Crippen molar-refractivity contribution in [1.82, 2.24) is 4.98 Å². The van der Waals surface area contributed by atoms with Gasteiger partial charge in [0.15, 0.2) is 0 Å². The Kier molecular flexibility index (Phi) is 3.87. The molecule has 3 aromatic rings. The molecule has 0 saturated carbocycles. The Morgan fingerprint density at radius 3 is 2.86 bits per heavy atom. The highest BCUT2D eigenvalue weighted by Crippen LogP contribution is 2.24. The number of fused-ring (bicyclic) bond motifs is 1. The maximum Gasteiger partial charge on any atom is 0.148 e. The van der Waals surface area contributed by atoms with Crippen molar-refractivity contribution in [1.29, 1.82) is 0 Å². The summed E-state index contributed by atoms with van der Waals surface area (Å²) in [5, 5.41) is 4.22. The summed E-state index contributed by atoms with van der Waals surface area (Å²) in [5.41, 5.74) is 8.65. The van der Waals surface area contributed by atoms with Crippen LogP contribution >= 0.6 is 0 Å². The normalized spacial score (nSPS) is 10.8. The van der Waals surface area contributed by atoms with Gasteiger partial charge in [-0.15, -0.1) is 0 Å². The van der Waals surface area contributed by atoms with Crippen molar-refractivity contribution in [3.63, 3.8) is 0 Å². The molecule has 4 nitrogen and oxygen atoms in total. The zero-order chi connectivity index (χ0) is 15.5. The summed E-state index contributed by atoms with van der Waals surface area (Å²) in [6.07, 6.45) is 2.75. The second kappa shape index (κ2) is 5.97. The summed E-state index contributed by atoms with van der Waals surface area (Å²) in [5.74, 6) is 0.492. The van der Waals surface area contributed by atoms with E-state index in [-0.39, 0.29) is 5.82 Å². The number of ether oxygens (including phenoxy) is 1. The zero-order valence-corrected chi connectivity index (χ0v) is 12.3. The maximum absolute atomic E-state index is 13.7. The summed E-state index contributed by atoms with van der Waals surface area (Å²) in [6, 6.07) is 10.6. The first-order chi connectivity index (χ1) is 10.7. The van der Waals surface area contributed by atoms with Gasteiger partial charge in [0.2, 0.25) is 0 Å². The lowest BCUT2D eigenvalue weighted by molar-refractivity contribution is 0.415. The third-order valence-electron chi connectivity index (χ3n) is 3.68. The maximum atomic E-state index is 13.7. The Hall–Kier alpha value is -2.69. The van der Waals surface area contributed by atoms with Gasteiger partial charge in [-0.1, -0.05) is 0 Å². The van der Waals surface area contributed by atoms with Crippen LogP contribution in [-0.2, 0) is 6.42 Å². The molecule has 4 N–H and O–H groups in total. The van der Waals surface area contributed by atoms with Crippen LogP contribution in [0.3, 0.4) is 0 Å². The molecule has 0 amide bonds. The first-order valence-corrected chi connectivity index (χ1v) is 7.10. The molecule has 2 aromatic carbocycles. The van der Waals surface area contributed by atoms with Crippen molar-refractivity contribution in [3.05, 3.63) is 54.0 Å². The fourth-order valence-corrected chi connectivity index (χ4v) is 2.50. The minimum atomic E-state index is -0.333. The molecule has 0 saturated heterocycles. The van der Waals surface area contributed by atoms with E-state index in [9.17, 15) is 4.39 Å². The van der Waals surface area contributed by atoms with Gasteiger partial charge in [-0.3, -0.25) is 0 Å². The second-order valence-electron chi connectivity index (χ2n) is 5.14. The van der Waals surface area contributed by atoms with E-state index in [1.54, 1.807) is 19.2 Å². The topological polar surface area (TPSA) is 63.1 Å². The molecule has 1 heterocycles. The molecule has 1 aromatic heterocycles. The summed E-state index contributed by atoms with van der Waals surface area (Å²) < 4.78 is 19.0. The number of anilines is 2. The Morgan fingerprint density at radius 2 is 2.09 bits per heavy atom. The van der Waals surface area contributed by atoms with Crippen LogP contribution in [0.4, 0.5) is 15.8 Å². The van der Waals surface area contributed by atoms with Crippen molar-refractivity contribution in [3.8, 4) is 5.75 Å². The summed E-state index contributed by atoms with van der Waals surface area (Å²) in [4.78, 5) is 3.23. The lowest BCUT2D eigenvalue weighted by Crippen LogP contribution is -2.06. The third-order valence-corrected chi connectivity index (χ3v) is 3.68. The van der Waals surface area contributed by atoms with Crippen molar-refractivity contribution in [2.45, 2.75) is 6.42 Å². The number of halogens is 1. The van der Waals surface area contributed by atoms with Crippen LogP contribution in [0.1, 0.15) is 5.56 Å². The number of nitrogens with one attached hydrogen (secondary N) is 2. The fraction of sp³-hybridized carbons (Fsp3) is 0.176. The van der Waals surface area contributed by atoms with E-state index >= 15 is 0 Å². The van der Waals surface area contributed by atoms with Gasteiger partial charge in [-0.05, 0) is 48.4 Å². The number of rotatable bonds is 5. The smallest absolute Gasteiger partial charge is 0.148 e. The number of methoxy groups -OCH3 is 1. The van der Waals surface area contributed by atoms with Crippen molar-refractivity contribution < 1.29 is 9.13 Å². The first kappa shape index (κ1) is 14.3. The van der Waals surface area contributed by atoms with Gasteiger partial charge in [-0.2, -0.15) is 0 Å². The van der Waals surface area contributed by atoms with Gasteiger partial charge >= 0.3 is 0 Å². The monoisotopic (exact) mass is 299 g/mol. The van der Waals surface area contributed by atoms with Gasteiger partial charge in [0.05, 0.1) is 12.8 Å². The third kappa shape index (κ3) is 2.83. The zero-order valence-electron chi connectivity index (χ0n) is 12.3. The highest BCUT2D eigenvalue weighted by molar-refractivity contribution is 5.84. The van der Waals surface area contributed by atoms with Crippen LogP contribution in [0.15, 0.2) is 42.6 Å². The van der Waals surface area contributed by atoms with Crippen molar-refractivity contribution in [2.75, 3.05) is 24.7 Å². The fourth-order valence-electron chi connectivity index (χ4n) is 2.50. The lowest BCUT2D eigenvalue weighted by atomic mass is 10.1. The van der Waals surface area contributed by atoms with E-state index in [1.807, 2.05) is 24.4 Å². The number of nitrogens with two attached hydrogens (primary N) is 1. The van der Waals surface area contributed by atoms with E-state index in [0.29, 0.717) is 17.9 Å². The molecule has 0 spiro atoms. The highest BCUT2D eigenvalue weighted by atomic mass is 19.1. The summed E-state index contributed by atoms with van der Waals surface area (Å²) in [7, 11) is 1.65. The molecule has 22 heavy (non-hydrogen) atoms. The van der Waals surface area contributed by atoms with E-state index in [1.165, 1.54) is 6.07 Å². The average molecular weight is 299 g/mol. The predicted octanol–water partition coefficient (Wildman–Crippen LogP) is 3.55. The van der Waals surface area contributed by atoms with Gasteiger partial charge in [0.25, 0.3) is 0 Å². The predicted molar refractivity (Wildman–Crippen MR) is 87.9 cm³/mol. The Balaban J connectivity index is 1.71. The van der Waals surface area contributed by atoms with Gasteiger partial charge in [-0.25, -0.2) is 4.39 Å². The lowest BCUT2D eigenvalue weighted by Gasteiger charge is -2.08. The van der Waals surface area contributed by atoms with Crippen LogP contribution in [0, 0.1) is 5.82 Å². The average Bonchev–Trinajstić information content (AvgIpc) is 2.92. The van der Waals surface area contributed by atoms with Gasteiger partial charge < -0.3 is 20.8 Å². The number of hydrogen-bond acceptors (Lipinski definition) is 3. The highest BCUT2D eigenvalue weighted by Gasteiger charge is 2.06. The molecule has 0 fully saturated rings. The number of aromatic nitrogens is 1. The molecular formula is C17H18FN3O. The van der Waals surface area contributed by atoms with E-state index < -0.39 is 0 Å². The summed E-state index contributed by atoms with van der Waals surface area (Å²) in [6.45, 7) is 0.630. The standard InChI is InChI=1S/C17H18FN3O/c1-22-13-3-5-16-14(9-13)11(10-21-16)6-7-20-17-4-2-12(19)8-15(17)18/h2-5,8-10,20-21H,6-7,19H2,1H3. The molecule has 0 aliphatic carbocycles. The quantitative estimate of drug-likeness (QED) is 0.631. The number of benzene rings is 2. The van der Waals surface area contributed by atoms with Crippen LogP contribution in [0.25, 0.3) is 10.9 Å². The molecule has 0 bridgehead atoms. The molecular weight excluding hydrogens is 281 g/mol. The molecule has 0 atom stereocenters. The molecule has 114 valence electrons. The number of nitrogen functional groups attached to an aromatic ring is 1. The Morgan fingerprint density at radius 1 is 1.23 bits per heavy atom. The minimum absolute atomic E-state index is 0.333. The van der Waals surface area contributed by atoms with Gasteiger partial charge in [0.1, 0.15) is 11.6 Å². The number of H-pyrrole nitrogens is 1. The van der Waals surface area contributed by atoms with Crippen molar-refractivity contribution in [2.24, 2.45) is 0 Å². The first-order valence-electron chi connectivity index (χ1n) is 7.10. The van der Waals surface area contributed by atoms with Crippen LogP contribution in [0.2, 0.25) is 0 Å². The molecule has 0 aliphatic rings. The van der Waals surface area contributed by atoms with E-state index in [2.05, 4.69) is 10.3 Å². The molecule has 0 unspecified atom stereocenters. The Bertz CT molecular complexity index is 798. The number of hydrogen-bond donors (Lipinski definition) is 3. The van der Waals surface area contributed by atoms with Crippen LogP contribution < -0.4 is 15.8 Å². The van der Waals surface area contributed by atoms with Gasteiger partial charge in [0, 0.05) is 29.3 Å². The molecule has 5 heteroatoms. The molecule has 3 rings (SSSR count). The second-order valence-corrected chi connectivity index (χ2v) is 5.14. The molecule has 0 aliphatic heterocycles. The van der Waals surface area contributed by atoms with Crippen LogP contribution in [0.5, 0.6) is 5.75 Å². The van der Waals surface area contributed by atoms with E-state index in [4.69, 9.17) is 10.5 Å². The van der Waals surface area contributed by atoms with Crippen LogP contribution in [-0.4, -0.2) is 18.6 Å². The minimum Gasteiger partial charge on any atom is -0.497 e. The largest absolute Gasteiger partial charge is 0.497 e. The van der Waals surface area contributed by atoms with Crippen molar-refractivity contribution >= 4 is 22.3 Å². The SMILES string of the molecule is COc1ccc2[nH]cc(CCNc3ccc(N)cc3F)c2c1. The van der Waals surface area contributed by atoms with E-state index in [0.717, 1.165) is 28.6 Å². The number of aromatic amines is 1. The Labute approximate surface area is 128 Å².